The van der Waals surface area contributed by atoms with Crippen molar-refractivity contribution in [3.8, 4) is 0 Å². The molecule has 1 N–H and O–H groups in total. The van der Waals surface area contributed by atoms with Gasteiger partial charge < -0.3 is 9.84 Å². The number of rotatable bonds is 4. The Morgan fingerprint density at radius 3 is 2.50 bits per heavy atom. The van der Waals surface area contributed by atoms with E-state index in [0.717, 1.165) is 43.9 Å². The van der Waals surface area contributed by atoms with Crippen LogP contribution in [0, 0.1) is 34.5 Å². The molecule has 3 heteroatoms. The molecule has 0 unspecified atom stereocenters. The van der Waals surface area contributed by atoms with Crippen molar-refractivity contribution in [3.05, 3.63) is 35.9 Å². The van der Waals surface area contributed by atoms with Crippen molar-refractivity contribution in [2.24, 2.45) is 34.5 Å². The number of hydrogen-bond donors (Lipinski definition) is 1. The zero-order valence-electron chi connectivity index (χ0n) is 20.3. The van der Waals surface area contributed by atoms with Crippen molar-refractivity contribution in [3.63, 3.8) is 0 Å². The van der Waals surface area contributed by atoms with E-state index < -0.39 is 5.60 Å². The van der Waals surface area contributed by atoms with Gasteiger partial charge in [0.25, 0.3) is 0 Å². The van der Waals surface area contributed by atoms with Crippen molar-refractivity contribution < 1.29 is 14.6 Å². The maximum Gasteiger partial charge on any atom is 0.302 e. The van der Waals surface area contributed by atoms with Crippen LogP contribution in [0.2, 0.25) is 0 Å². The summed E-state index contributed by atoms with van der Waals surface area (Å²) in [5.41, 5.74) is 1.26. The van der Waals surface area contributed by atoms with Gasteiger partial charge in [-0.2, -0.15) is 0 Å². The van der Waals surface area contributed by atoms with Gasteiger partial charge in [-0.05, 0) is 111 Å². The van der Waals surface area contributed by atoms with Gasteiger partial charge in [-0.25, -0.2) is 0 Å². The van der Waals surface area contributed by atoms with E-state index in [1.165, 1.54) is 44.1 Å². The van der Waals surface area contributed by atoms with Crippen LogP contribution >= 0.6 is 0 Å². The van der Waals surface area contributed by atoms with E-state index in [4.69, 9.17) is 4.74 Å². The van der Waals surface area contributed by atoms with E-state index in [-0.39, 0.29) is 17.5 Å². The smallest absolute Gasteiger partial charge is 0.302 e. The lowest BCUT2D eigenvalue weighted by Gasteiger charge is -2.61. The van der Waals surface area contributed by atoms with Gasteiger partial charge in [0.15, 0.2) is 0 Å². The number of hydrogen-bond acceptors (Lipinski definition) is 3. The number of benzene rings is 1. The topological polar surface area (TPSA) is 46.5 Å². The number of aryl methyl sites for hydroxylation is 1. The maximum atomic E-state index is 12.0. The highest BCUT2D eigenvalue weighted by Gasteiger charge is 2.64. The molecule has 0 amide bonds. The van der Waals surface area contributed by atoms with Gasteiger partial charge in [0.2, 0.25) is 0 Å². The Balaban J connectivity index is 1.31. The zero-order valence-corrected chi connectivity index (χ0v) is 20.3. The summed E-state index contributed by atoms with van der Waals surface area (Å²) in [4.78, 5) is 11.5. The minimum Gasteiger partial charge on any atom is -0.463 e. The molecule has 5 rings (SSSR count). The van der Waals surface area contributed by atoms with Crippen LogP contribution in [0.15, 0.2) is 30.3 Å². The van der Waals surface area contributed by atoms with E-state index >= 15 is 0 Å². The van der Waals surface area contributed by atoms with Gasteiger partial charge in [-0.3, -0.25) is 4.79 Å². The Bertz CT molecular complexity index is 836. The summed E-state index contributed by atoms with van der Waals surface area (Å²) in [7, 11) is 0. The highest BCUT2D eigenvalue weighted by atomic mass is 16.5. The van der Waals surface area contributed by atoms with Crippen molar-refractivity contribution in [1.82, 2.24) is 0 Å². The molecule has 0 aliphatic heterocycles. The van der Waals surface area contributed by atoms with Crippen molar-refractivity contribution in [1.29, 1.82) is 0 Å². The Labute approximate surface area is 194 Å². The molecule has 4 fully saturated rings. The molecule has 4 aliphatic rings. The Morgan fingerprint density at radius 1 is 1.00 bits per heavy atom. The van der Waals surface area contributed by atoms with Gasteiger partial charge in [0.05, 0.1) is 5.60 Å². The minimum absolute atomic E-state index is 0.0566. The molecule has 0 radical (unpaired) electrons. The van der Waals surface area contributed by atoms with Crippen molar-refractivity contribution in [2.45, 2.75) is 103 Å². The molecule has 176 valence electrons. The second-order valence-corrected chi connectivity index (χ2v) is 12.2. The molecular weight excluding hydrogens is 396 g/mol. The SMILES string of the molecule is CC(=O)O[C@H]1CC[C@@]2(C)[C@H](CC[C@@H]3[C@H]4CC[C@](O)(CCc5ccccc5)[C@@]4(C)CC[C@@H]32)C1. The van der Waals surface area contributed by atoms with E-state index in [0.29, 0.717) is 17.3 Å². The second kappa shape index (κ2) is 8.15. The molecule has 1 aromatic rings. The number of carbonyl (C=O) groups is 1. The first-order chi connectivity index (χ1) is 15.3. The number of ether oxygens (including phenoxy) is 1. The third-order valence-corrected chi connectivity index (χ3v) is 10.9. The summed E-state index contributed by atoms with van der Waals surface area (Å²) >= 11 is 0. The molecule has 4 saturated carbocycles. The van der Waals surface area contributed by atoms with E-state index in [1.807, 2.05) is 0 Å². The predicted molar refractivity (Wildman–Crippen MR) is 127 cm³/mol. The molecule has 0 heterocycles. The number of fused-ring (bicyclic) bond motifs is 5. The van der Waals surface area contributed by atoms with Crippen LogP contribution in [-0.4, -0.2) is 22.8 Å². The molecule has 1 aromatic carbocycles. The van der Waals surface area contributed by atoms with Gasteiger partial charge in [0.1, 0.15) is 6.10 Å². The van der Waals surface area contributed by atoms with E-state index in [2.05, 4.69) is 44.2 Å². The highest BCUT2D eigenvalue weighted by molar-refractivity contribution is 5.66. The van der Waals surface area contributed by atoms with Crippen molar-refractivity contribution in [2.75, 3.05) is 0 Å². The van der Waals surface area contributed by atoms with Crippen LogP contribution in [0.4, 0.5) is 0 Å². The van der Waals surface area contributed by atoms with Crippen LogP contribution in [0.3, 0.4) is 0 Å². The fourth-order valence-electron chi connectivity index (χ4n) is 9.08. The molecule has 0 bridgehead atoms. The first kappa shape index (κ1) is 22.4. The summed E-state index contributed by atoms with van der Waals surface area (Å²) in [6.07, 6.45) is 12.4. The number of aliphatic hydroxyl groups is 1. The van der Waals surface area contributed by atoms with E-state index in [9.17, 15) is 9.90 Å². The molecular formula is C29H42O3. The summed E-state index contributed by atoms with van der Waals surface area (Å²) in [6.45, 7) is 6.53. The lowest BCUT2D eigenvalue weighted by atomic mass is 9.44. The normalized spacial score (nSPS) is 45.4. The standard InChI is InChI=1S/C29H42O3/c1-20(30)32-23-12-15-27(2)22(19-23)9-10-24-25(27)13-16-28(3)26(24)14-18-29(28,31)17-11-21-7-5-4-6-8-21/h4-8,22-26,31H,9-19H2,1-3H3/t22-,23+,24+,25+,26-,27+,28+,29-/m1/s1. The lowest BCUT2D eigenvalue weighted by molar-refractivity contribution is -0.170. The lowest BCUT2D eigenvalue weighted by Crippen LogP contribution is -2.57. The Kier molecular flexibility index (Phi) is 5.72. The summed E-state index contributed by atoms with van der Waals surface area (Å²) < 4.78 is 5.63. The largest absolute Gasteiger partial charge is 0.463 e. The summed E-state index contributed by atoms with van der Waals surface area (Å²) in [5.74, 6) is 2.75. The monoisotopic (exact) mass is 438 g/mol. The maximum absolute atomic E-state index is 12.0. The van der Waals surface area contributed by atoms with E-state index in [1.54, 1.807) is 6.92 Å². The van der Waals surface area contributed by atoms with Gasteiger partial charge in [-0.1, -0.05) is 44.2 Å². The number of carbonyl (C=O) groups excluding carboxylic acids is 1. The highest BCUT2D eigenvalue weighted by Crippen LogP contribution is 2.68. The van der Waals surface area contributed by atoms with Gasteiger partial charge >= 0.3 is 5.97 Å². The molecule has 0 saturated heterocycles. The molecule has 4 aliphatic carbocycles. The molecule has 8 atom stereocenters. The van der Waals surface area contributed by atoms with Crippen LogP contribution in [0.5, 0.6) is 0 Å². The predicted octanol–water partition coefficient (Wildman–Crippen LogP) is 6.32. The Hall–Kier alpha value is -1.35. The Morgan fingerprint density at radius 2 is 1.75 bits per heavy atom. The fraction of sp³-hybridized carbons (Fsp3) is 0.759. The van der Waals surface area contributed by atoms with Crippen LogP contribution in [-0.2, 0) is 16.0 Å². The summed E-state index contributed by atoms with van der Waals surface area (Å²) in [5, 5.41) is 12.0. The minimum atomic E-state index is -0.525. The zero-order chi connectivity index (χ0) is 22.6. The fourth-order valence-corrected chi connectivity index (χ4v) is 9.08. The van der Waals surface area contributed by atoms with Crippen LogP contribution < -0.4 is 0 Å². The first-order valence-electron chi connectivity index (χ1n) is 13.2. The molecule has 0 spiro atoms. The third kappa shape index (κ3) is 3.54. The average Bonchev–Trinajstić information content (AvgIpc) is 3.04. The third-order valence-electron chi connectivity index (χ3n) is 10.9. The number of esters is 1. The molecule has 0 aromatic heterocycles. The van der Waals surface area contributed by atoms with Gasteiger partial charge in [-0.15, -0.1) is 0 Å². The molecule has 3 nitrogen and oxygen atoms in total. The van der Waals surface area contributed by atoms with Crippen molar-refractivity contribution >= 4 is 5.97 Å². The first-order valence-corrected chi connectivity index (χ1v) is 13.2. The van der Waals surface area contributed by atoms with Gasteiger partial charge in [0, 0.05) is 6.92 Å². The second-order valence-electron chi connectivity index (χ2n) is 12.2. The van der Waals surface area contributed by atoms with Crippen LogP contribution in [0.1, 0.15) is 90.5 Å². The average molecular weight is 439 g/mol. The molecule has 32 heavy (non-hydrogen) atoms. The summed E-state index contributed by atoms with van der Waals surface area (Å²) in [6, 6.07) is 10.7. The quantitative estimate of drug-likeness (QED) is 0.559. The van der Waals surface area contributed by atoms with Crippen LogP contribution in [0.25, 0.3) is 0 Å².